The van der Waals surface area contributed by atoms with Gasteiger partial charge in [-0.2, -0.15) is 0 Å². The van der Waals surface area contributed by atoms with E-state index in [0.717, 1.165) is 40.9 Å². The Bertz CT molecular complexity index is 928. The highest BCUT2D eigenvalue weighted by Crippen LogP contribution is 2.38. The van der Waals surface area contributed by atoms with E-state index < -0.39 is 11.6 Å². The minimum atomic E-state index is -1.05. The van der Waals surface area contributed by atoms with Crippen LogP contribution in [0, 0.1) is 0 Å². The number of urea groups is 1. The summed E-state index contributed by atoms with van der Waals surface area (Å²) in [5, 5.41) is 5.72. The van der Waals surface area contributed by atoms with E-state index in [1.807, 2.05) is 54.6 Å². The van der Waals surface area contributed by atoms with Crippen LogP contribution in [0.15, 0.2) is 54.6 Å². The molecule has 1 aliphatic heterocycles. The molecule has 2 N–H and O–H groups in total. The van der Waals surface area contributed by atoms with Crippen LogP contribution in [0.25, 0.3) is 0 Å². The van der Waals surface area contributed by atoms with E-state index in [2.05, 4.69) is 10.6 Å². The summed E-state index contributed by atoms with van der Waals surface area (Å²) in [6, 6.07) is 17.1. The average molecular weight is 391 g/mol. The fourth-order valence-corrected chi connectivity index (χ4v) is 4.31. The van der Waals surface area contributed by atoms with Crippen LogP contribution in [-0.4, -0.2) is 35.8 Å². The first kappa shape index (κ1) is 19.2. The van der Waals surface area contributed by atoms with E-state index in [0.29, 0.717) is 19.4 Å². The first-order valence-electron chi connectivity index (χ1n) is 10.1. The van der Waals surface area contributed by atoms with Crippen molar-refractivity contribution in [3.05, 3.63) is 71.3 Å². The molecule has 0 radical (unpaired) electrons. The monoisotopic (exact) mass is 391 g/mol. The lowest BCUT2D eigenvalue weighted by molar-refractivity contribution is -0.135. The Hall–Kier alpha value is -3.15. The first-order chi connectivity index (χ1) is 14.1. The highest BCUT2D eigenvalue weighted by atomic mass is 16.2. The number of hydrogen-bond donors (Lipinski definition) is 2. The summed E-state index contributed by atoms with van der Waals surface area (Å²) < 4.78 is 0. The standard InChI is InChI=1S/C23H25N3O3/c27-20(24-15-13-17-8-2-1-3-9-17)16-26-21(28)23(25-22(26)29)14-7-6-11-18-10-4-5-12-19(18)23/h1-5,8-10,12H,6-7,11,13-16H2,(H,24,27)(H,25,29). The van der Waals surface area contributed by atoms with Crippen LogP contribution in [0.5, 0.6) is 0 Å². The van der Waals surface area contributed by atoms with Crippen LogP contribution in [0.4, 0.5) is 4.79 Å². The van der Waals surface area contributed by atoms with E-state index in [1.54, 1.807) is 0 Å². The molecule has 6 heteroatoms. The molecule has 1 aliphatic carbocycles. The van der Waals surface area contributed by atoms with Gasteiger partial charge in [-0.05, 0) is 48.8 Å². The van der Waals surface area contributed by atoms with Crippen molar-refractivity contribution < 1.29 is 14.4 Å². The number of benzene rings is 2. The zero-order valence-corrected chi connectivity index (χ0v) is 16.3. The number of nitrogens with zero attached hydrogens (tertiary/aromatic N) is 1. The smallest absolute Gasteiger partial charge is 0.325 e. The van der Waals surface area contributed by atoms with Crippen molar-refractivity contribution in [2.45, 2.75) is 37.6 Å². The van der Waals surface area contributed by atoms with Gasteiger partial charge in [-0.15, -0.1) is 0 Å². The lowest BCUT2D eigenvalue weighted by Gasteiger charge is -2.27. The van der Waals surface area contributed by atoms with E-state index in [9.17, 15) is 14.4 Å². The molecule has 4 rings (SSSR count). The Morgan fingerprint density at radius 3 is 2.62 bits per heavy atom. The van der Waals surface area contributed by atoms with Gasteiger partial charge in [-0.3, -0.25) is 14.5 Å². The summed E-state index contributed by atoms with van der Waals surface area (Å²) >= 11 is 0. The zero-order valence-electron chi connectivity index (χ0n) is 16.3. The highest BCUT2D eigenvalue weighted by Gasteiger charge is 2.53. The molecule has 2 aromatic rings. The topological polar surface area (TPSA) is 78.5 Å². The number of carbonyl (C=O) groups is 3. The second-order valence-electron chi connectivity index (χ2n) is 7.68. The van der Waals surface area contributed by atoms with Crippen LogP contribution < -0.4 is 10.6 Å². The molecular weight excluding hydrogens is 366 g/mol. The third kappa shape index (κ3) is 3.75. The van der Waals surface area contributed by atoms with Gasteiger partial charge in [-0.25, -0.2) is 4.79 Å². The number of hydrogen-bond acceptors (Lipinski definition) is 3. The molecule has 2 aliphatic rings. The van der Waals surface area contributed by atoms with Crippen LogP contribution in [0.2, 0.25) is 0 Å². The molecule has 6 nitrogen and oxygen atoms in total. The molecule has 1 unspecified atom stereocenters. The fraction of sp³-hybridized carbons (Fsp3) is 0.348. The SMILES string of the molecule is O=C(CN1C(=O)NC2(CCCCc3ccccc32)C1=O)NCCc1ccccc1. The Morgan fingerprint density at radius 2 is 1.79 bits per heavy atom. The van der Waals surface area contributed by atoms with E-state index in [1.165, 1.54) is 0 Å². The summed E-state index contributed by atoms with van der Waals surface area (Å²) in [6.07, 6.45) is 3.96. The van der Waals surface area contributed by atoms with Crippen LogP contribution >= 0.6 is 0 Å². The van der Waals surface area contributed by atoms with Crippen molar-refractivity contribution in [1.82, 2.24) is 15.5 Å². The second kappa shape index (κ2) is 8.07. The number of fused-ring (bicyclic) bond motifs is 2. The van der Waals surface area contributed by atoms with Gasteiger partial charge < -0.3 is 10.6 Å². The second-order valence-corrected chi connectivity index (χ2v) is 7.68. The largest absolute Gasteiger partial charge is 0.354 e. The van der Waals surface area contributed by atoms with Crippen molar-refractivity contribution in [2.75, 3.05) is 13.1 Å². The number of amides is 4. The highest BCUT2D eigenvalue weighted by molar-refractivity contribution is 6.09. The maximum absolute atomic E-state index is 13.3. The summed E-state index contributed by atoms with van der Waals surface area (Å²) in [6.45, 7) is 0.198. The molecule has 1 fully saturated rings. The van der Waals surface area contributed by atoms with Crippen LogP contribution in [0.3, 0.4) is 0 Å². The van der Waals surface area contributed by atoms with Crippen molar-refractivity contribution in [3.8, 4) is 0 Å². The molecule has 0 bridgehead atoms. The number of aryl methyl sites for hydroxylation is 1. The number of carbonyl (C=O) groups excluding carboxylic acids is 3. The molecule has 1 saturated heterocycles. The molecule has 150 valence electrons. The quantitative estimate of drug-likeness (QED) is 0.769. The molecule has 2 aromatic carbocycles. The predicted molar refractivity (Wildman–Crippen MR) is 109 cm³/mol. The summed E-state index contributed by atoms with van der Waals surface area (Å²) in [7, 11) is 0. The van der Waals surface area contributed by atoms with Gasteiger partial charge in [0.1, 0.15) is 12.1 Å². The Balaban J connectivity index is 1.44. The van der Waals surface area contributed by atoms with Crippen LogP contribution in [0.1, 0.15) is 36.0 Å². The predicted octanol–water partition coefficient (Wildman–Crippen LogP) is 2.52. The van der Waals surface area contributed by atoms with Gasteiger partial charge in [0.05, 0.1) is 0 Å². The van der Waals surface area contributed by atoms with E-state index >= 15 is 0 Å². The van der Waals surface area contributed by atoms with Crippen molar-refractivity contribution in [1.29, 1.82) is 0 Å². The van der Waals surface area contributed by atoms with Gasteiger partial charge >= 0.3 is 6.03 Å². The van der Waals surface area contributed by atoms with Crippen molar-refractivity contribution in [3.63, 3.8) is 0 Å². The maximum Gasteiger partial charge on any atom is 0.325 e. The Kier molecular flexibility index (Phi) is 5.34. The van der Waals surface area contributed by atoms with Gasteiger partial charge in [0, 0.05) is 6.54 Å². The molecule has 29 heavy (non-hydrogen) atoms. The van der Waals surface area contributed by atoms with Crippen molar-refractivity contribution >= 4 is 17.8 Å². The van der Waals surface area contributed by atoms with Gasteiger partial charge in [0.25, 0.3) is 5.91 Å². The minimum Gasteiger partial charge on any atom is -0.354 e. The van der Waals surface area contributed by atoms with Gasteiger partial charge in [0.2, 0.25) is 5.91 Å². The minimum absolute atomic E-state index is 0.261. The first-order valence-corrected chi connectivity index (χ1v) is 10.1. The van der Waals surface area contributed by atoms with Crippen molar-refractivity contribution in [2.24, 2.45) is 0 Å². The molecular formula is C23H25N3O3. The number of rotatable bonds is 5. The third-order valence-electron chi connectivity index (χ3n) is 5.78. The number of nitrogens with one attached hydrogen (secondary N) is 2. The average Bonchev–Trinajstić information content (AvgIpc) is 2.87. The molecule has 0 saturated carbocycles. The van der Waals surface area contributed by atoms with Crippen LogP contribution in [-0.2, 0) is 28.0 Å². The zero-order chi connectivity index (χ0) is 20.3. The summed E-state index contributed by atoms with van der Waals surface area (Å²) in [5.41, 5.74) is 2.03. The Morgan fingerprint density at radius 1 is 1.03 bits per heavy atom. The number of imide groups is 1. The summed E-state index contributed by atoms with van der Waals surface area (Å²) in [5.74, 6) is -0.654. The molecule has 0 aromatic heterocycles. The molecule has 4 amide bonds. The lowest BCUT2D eigenvalue weighted by atomic mass is 9.84. The van der Waals surface area contributed by atoms with E-state index in [-0.39, 0.29) is 18.4 Å². The Labute approximate surface area is 170 Å². The lowest BCUT2D eigenvalue weighted by Crippen LogP contribution is -2.45. The fourth-order valence-electron chi connectivity index (χ4n) is 4.31. The third-order valence-corrected chi connectivity index (χ3v) is 5.78. The van der Waals surface area contributed by atoms with Gasteiger partial charge in [0.15, 0.2) is 0 Å². The maximum atomic E-state index is 13.3. The van der Waals surface area contributed by atoms with Gasteiger partial charge in [-0.1, -0.05) is 54.6 Å². The molecule has 1 atom stereocenters. The summed E-state index contributed by atoms with van der Waals surface area (Å²) in [4.78, 5) is 39.4. The van der Waals surface area contributed by atoms with E-state index in [4.69, 9.17) is 0 Å². The molecule has 1 heterocycles. The normalized spacial score (nSPS) is 20.9. The molecule has 1 spiro atoms.